The summed E-state index contributed by atoms with van der Waals surface area (Å²) in [7, 11) is 0. The van der Waals surface area contributed by atoms with Gasteiger partial charge < -0.3 is 54.7 Å². The predicted octanol–water partition coefficient (Wildman–Crippen LogP) is -2.07. The Balaban J connectivity index is 1.87. The standard InChI is InChI=1S/C21H36O11/c1-4-21(3,28)7-5-6-11(2)8-29-20-18(27)16(25)15(24)13(32-20)10-31-19-17(26)14(23)12(22)9-30-19/h4,6,12-20,22-28H,1,5,7-10H2,2-3H3/b11-6+/t12-,13+,14-,15+,16-,17+,18+,19-,20+,21?/m0/s1. The van der Waals surface area contributed by atoms with Crippen LogP contribution in [0.2, 0.25) is 0 Å². The van der Waals surface area contributed by atoms with Gasteiger partial charge in [0.25, 0.3) is 0 Å². The Bertz CT molecular complexity index is 625. The molecule has 0 aromatic heterocycles. The van der Waals surface area contributed by atoms with Gasteiger partial charge >= 0.3 is 0 Å². The van der Waals surface area contributed by atoms with E-state index in [0.717, 1.165) is 5.57 Å². The number of rotatable bonds is 10. The zero-order chi connectivity index (χ0) is 24.1. The Hall–Kier alpha value is -0.960. The fraction of sp³-hybridized carbons (Fsp3) is 0.810. The Morgan fingerprint density at radius 3 is 2.31 bits per heavy atom. The molecule has 186 valence electrons. The first-order valence-electron chi connectivity index (χ1n) is 10.6. The molecule has 2 saturated heterocycles. The van der Waals surface area contributed by atoms with Crippen LogP contribution in [0.3, 0.4) is 0 Å². The van der Waals surface area contributed by atoms with Crippen LogP contribution >= 0.6 is 0 Å². The first kappa shape index (κ1) is 27.3. The molecular formula is C21H36O11. The van der Waals surface area contributed by atoms with E-state index in [1.54, 1.807) is 13.8 Å². The summed E-state index contributed by atoms with van der Waals surface area (Å²) in [6.07, 6.45) is -8.09. The van der Waals surface area contributed by atoms with Gasteiger partial charge in [-0.05, 0) is 26.7 Å². The van der Waals surface area contributed by atoms with Gasteiger partial charge in [0, 0.05) is 0 Å². The van der Waals surface area contributed by atoms with Crippen molar-refractivity contribution in [3.8, 4) is 0 Å². The van der Waals surface area contributed by atoms with Crippen LogP contribution in [0, 0.1) is 0 Å². The van der Waals surface area contributed by atoms with Crippen LogP contribution in [0.5, 0.6) is 0 Å². The number of hydrogen-bond acceptors (Lipinski definition) is 11. The van der Waals surface area contributed by atoms with E-state index in [1.165, 1.54) is 6.08 Å². The van der Waals surface area contributed by atoms with Gasteiger partial charge in [-0.1, -0.05) is 17.7 Å². The molecule has 0 aromatic carbocycles. The van der Waals surface area contributed by atoms with Crippen LogP contribution < -0.4 is 0 Å². The van der Waals surface area contributed by atoms with Gasteiger partial charge in [-0.3, -0.25) is 0 Å². The molecule has 2 aliphatic heterocycles. The fourth-order valence-electron chi connectivity index (χ4n) is 3.29. The molecule has 2 fully saturated rings. The molecule has 11 nitrogen and oxygen atoms in total. The minimum absolute atomic E-state index is 0.0723. The third-order valence-corrected chi connectivity index (χ3v) is 5.61. The van der Waals surface area contributed by atoms with E-state index in [9.17, 15) is 35.7 Å². The third kappa shape index (κ3) is 7.27. The molecule has 1 unspecified atom stereocenters. The molecular weight excluding hydrogens is 428 g/mol. The van der Waals surface area contributed by atoms with E-state index in [1.807, 2.05) is 6.08 Å². The number of hydrogen-bond donors (Lipinski definition) is 7. The maximum absolute atomic E-state index is 10.2. The highest BCUT2D eigenvalue weighted by molar-refractivity contribution is 5.01. The van der Waals surface area contributed by atoms with Gasteiger partial charge in [0.05, 0.1) is 25.4 Å². The van der Waals surface area contributed by atoms with E-state index >= 15 is 0 Å². The molecule has 11 heteroatoms. The second-order valence-corrected chi connectivity index (χ2v) is 8.56. The molecule has 0 spiro atoms. The van der Waals surface area contributed by atoms with Crippen molar-refractivity contribution in [1.29, 1.82) is 0 Å². The lowest BCUT2D eigenvalue weighted by Crippen LogP contribution is -2.60. The van der Waals surface area contributed by atoms with Gasteiger partial charge in [0.15, 0.2) is 12.6 Å². The Morgan fingerprint density at radius 2 is 1.66 bits per heavy atom. The maximum atomic E-state index is 10.2. The zero-order valence-corrected chi connectivity index (χ0v) is 18.4. The molecule has 0 radical (unpaired) electrons. The molecule has 7 N–H and O–H groups in total. The normalized spacial score (nSPS) is 40.7. The summed E-state index contributed by atoms with van der Waals surface area (Å²) < 4.78 is 21.6. The molecule has 0 amide bonds. The van der Waals surface area contributed by atoms with E-state index in [4.69, 9.17) is 18.9 Å². The number of aliphatic hydroxyl groups is 7. The van der Waals surface area contributed by atoms with E-state index in [0.29, 0.717) is 12.8 Å². The van der Waals surface area contributed by atoms with Crippen molar-refractivity contribution in [2.24, 2.45) is 0 Å². The lowest BCUT2D eigenvalue weighted by molar-refractivity contribution is -0.319. The molecule has 2 heterocycles. The molecule has 10 atom stereocenters. The fourth-order valence-corrected chi connectivity index (χ4v) is 3.29. The molecule has 32 heavy (non-hydrogen) atoms. The van der Waals surface area contributed by atoms with Gasteiger partial charge in [0.1, 0.15) is 42.7 Å². The summed E-state index contributed by atoms with van der Waals surface area (Å²) in [5, 5.41) is 69.6. The Morgan fingerprint density at radius 1 is 1.00 bits per heavy atom. The Kier molecular flexibility index (Phi) is 10.2. The topological polar surface area (TPSA) is 179 Å². The predicted molar refractivity (Wildman–Crippen MR) is 110 cm³/mol. The number of allylic oxidation sites excluding steroid dienone is 1. The highest BCUT2D eigenvalue weighted by atomic mass is 16.7. The molecule has 0 aliphatic carbocycles. The SMILES string of the molecule is C=CC(C)(O)CC/C=C(\C)CO[C@@H]1O[C@H](CO[C@@H]2OC[C@H](O)[C@H](O)[C@H]2O)[C@@H](O)[C@H](O)[C@H]1O. The van der Waals surface area contributed by atoms with Crippen LogP contribution in [0.25, 0.3) is 0 Å². The highest BCUT2D eigenvalue weighted by Crippen LogP contribution is 2.25. The van der Waals surface area contributed by atoms with Gasteiger partial charge in [-0.2, -0.15) is 0 Å². The largest absolute Gasteiger partial charge is 0.388 e. The van der Waals surface area contributed by atoms with Crippen molar-refractivity contribution >= 4 is 0 Å². The first-order chi connectivity index (χ1) is 15.0. The second-order valence-electron chi connectivity index (χ2n) is 8.56. The van der Waals surface area contributed by atoms with Crippen molar-refractivity contribution in [1.82, 2.24) is 0 Å². The summed E-state index contributed by atoms with van der Waals surface area (Å²) in [6.45, 7) is 6.50. The van der Waals surface area contributed by atoms with Crippen LogP contribution in [-0.4, -0.2) is 116 Å². The second kappa shape index (κ2) is 12.0. The van der Waals surface area contributed by atoms with Crippen molar-refractivity contribution in [2.45, 2.75) is 87.6 Å². The molecule has 0 aromatic rings. The molecule has 0 saturated carbocycles. The Labute approximate surface area is 187 Å². The van der Waals surface area contributed by atoms with Crippen LogP contribution in [0.15, 0.2) is 24.3 Å². The van der Waals surface area contributed by atoms with Crippen LogP contribution in [0.4, 0.5) is 0 Å². The average Bonchev–Trinajstić information content (AvgIpc) is 2.75. The van der Waals surface area contributed by atoms with Gasteiger partial charge in [-0.15, -0.1) is 6.58 Å². The smallest absolute Gasteiger partial charge is 0.187 e. The molecule has 2 aliphatic rings. The summed E-state index contributed by atoms with van der Waals surface area (Å²) >= 11 is 0. The lowest BCUT2D eigenvalue weighted by Gasteiger charge is -2.41. The monoisotopic (exact) mass is 464 g/mol. The average molecular weight is 465 g/mol. The van der Waals surface area contributed by atoms with Crippen molar-refractivity contribution in [2.75, 3.05) is 19.8 Å². The van der Waals surface area contributed by atoms with E-state index in [-0.39, 0.29) is 19.8 Å². The van der Waals surface area contributed by atoms with Gasteiger partial charge in [0.2, 0.25) is 0 Å². The minimum atomic E-state index is -1.57. The molecule has 2 rings (SSSR count). The number of ether oxygens (including phenoxy) is 4. The van der Waals surface area contributed by atoms with Crippen molar-refractivity contribution in [3.05, 3.63) is 24.3 Å². The molecule has 0 bridgehead atoms. The summed E-state index contributed by atoms with van der Waals surface area (Å²) in [4.78, 5) is 0. The van der Waals surface area contributed by atoms with E-state index in [2.05, 4.69) is 6.58 Å². The van der Waals surface area contributed by atoms with E-state index < -0.39 is 60.9 Å². The maximum Gasteiger partial charge on any atom is 0.187 e. The van der Waals surface area contributed by atoms with Crippen LogP contribution in [-0.2, 0) is 18.9 Å². The van der Waals surface area contributed by atoms with Crippen molar-refractivity contribution < 1.29 is 54.7 Å². The highest BCUT2D eigenvalue weighted by Gasteiger charge is 2.45. The summed E-state index contributed by atoms with van der Waals surface area (Å²) in [5.74, 6) is 0. The third-order valence-electron chi connectivity index (χ3n) is 5.61. The zero-order valence-electron chi connectivity index (χ0n) is 18.4. The minimum Gasteiger partial charge on any atom is -0.388 e. The summed E-state index contributed by atoms with van der Waals surface area (Å²) in [6, 6.07) is 0. The lowest BCUT2D eigenvalue weighted by atomic mass is 9.99. The van der Waals surface area contributed by atoms with Crippen LogP contribution in [0.1, 0.15) is 26.7 Å². The summed E-state index contributed by atoms with van der Waals surface area (Å²) in [5.41, 5.74) is -0.169. The quantitative estimate of drug-likeness (QED) is 0.177. The first-order valence-corrected chi connectivity index (χ1v) is 10.6. The number of aliphatic hydroxyl groups excluding tert-OH is 6. The van der Waals surface area contributed by atoms with Gasteiger partial charge in [-0.25, -0.2) is 0 Å². The van der Waals surface area contributed by atoms with Crippen molar-refractivity contribution in [3.63, 3.8) is 0 Å².